The molecule has 0 aromatic heterocycles. The van der Waals surface area contributed by atoms with Crippen LogP contribution in [0.25, 0.3) is 0 Å². The fourth-order valence-electron chi connectivity index (χ4n) is 1.49. The maximum Gasteiger partial charge on any atom is 0.416 e. The van der Waals surface area contributed by atoms with Gasteiger partial charge in [-0.1, -0.05) is 11.6 Å². The SMILES string of the molecule is CN=C(/C=C(/C)Cl)NN(CO)c1ccc(C(F)(F)F)cc1. The number of amidine groups is 1. The zero-order chi connectivity index (χ0) is 16.0. The van der Waals surface area contributed by atoms with Crippen molar-refractivity contribution in [3.8, 4) is 0 Å². The van der Waals surface area contributed by atoms with Crippen LogP contribution in [-0.4, -0.2) is 24.7 Å². The molecule has 1 aromatic carbocycles. The Morgan fingerprint density at radius 2 is 1.95 bits per heavy atom. The molecule has 1 rings (SSSR count). The van der Waals surface area contributed by atoms with Crippen molar-refractivity contribution in [2.24, 2.45) is 4.99 Å². The second-order valence-electron chi connectivity index (χ2n) is 4.07. The summed E-state index contributed by atoms with van der Waals surface area (Å²) in [6, 6.07) is 4.36. The van der Waals surface area contributed by atoms with Gasteiger partial charge in [0.1, 0.15) is 12.6 Å². The number of hydrogen-bond acceptors (Lipinski definition) is 3. The molecule has 0 atom stereocenters. The van der Waals surface area contributed by atoms with Crippen LogP contribution in [0.15, 0.2) is 40.4 Å². The third-order valence-electron chi connectivity index (χ3n) is 2.47. The van der Waals surface area contributed by atoms with Gasteiger partial charge in [0.2, 0.25) is 0 Å². The van der Waals surface area contributed by atoms with Crippen LogP contribution in [0.1, 0.15) is 12.5 Å². The summed E-state index contributed by atoms with van der Waals surface area (Å²) in [5, 5.41) is 11.0. The van der Waals surface area contributed by atoms with Gasteiger partial charge in [-0.2, -0.15) is 13.2 Å². The van der Waals surface area contributed by atoms with Crippen LogP contribution < -0.4 is 10.4 Å². The van der Waals surface area contributed by atoms with E-state index in [0.29, 0.717) is 16.6 Å². The highest BCUT2D eigenvalue weighted by atomic mass is 35.5. The average molecular weight is 322 g/mol. The van der Waals surface area contributed by atoms with Gasteiger partial charge in [0.25, 0.3) is 0 Å². The normalized spacial score (nSPS) is 13.3. The largest absolute Gasteiger partial charge is 0.416 e. The average Bonchev–Trinajstić information content (AvgIpc) is 2.42. The van der Waals surface area contributed by atoms with Gasteiger partial charge in [0.05, 0.1) is 11.3 Å². The molecule has 0 saturated heterocycles. The van der Waals surface area contributed by atoms with Gasteiger partial charge in [0, 0.05) is 12.1 Å². The fourth-order valence-corrected chi connectivity index (χ4v) is 1.59. The first kappa shape index (κ1) is 17.3. The summed E-state index contributed by atoms with van der Waals surface area (Å²) in [6.45, 7) is 1.19. The molecule has 0 unspecified atom stereocenters. The molecule has 1 aromatic rings. The summed E-state index contributed by atoms with van der Waals surface area (Å²) in [6.07, 6.45) is -2.88. The van der Waals surface area contributed by atoms with Gasteiger partial charge < -0.3 is 5.11 Å². The number of anilines is 1. The van der Waals surface area contributed by atoms with Crippen molar-refractivity contribution in [2.75, 3.05) is 18.8 Å². The molecule has 0 radical (unpaired) electrons. The van der Waals surface area contributed by atoms with E-state index in [1.807, 2.05) is 0 Å². The smallest absolute Gasteiger partial charge is 0.375 e. The molecule has 0 aliphatic rings. The van der Waals surface area contributed by atoms with Crippen LogP contribution in [0, 0.1) is 0 Å². The van der Waals surface area contributed by atoms with Crippen LogP contribution in [0.3, 0.4) is 0 Å². The lowest BCUT2D eigenvalue weighted by Crippen LogP contribution is -2.42. The first-order valence-electron chi connectivity index (χ1n) is 5.91. The summed E-state index contributed by atoms with van der Waals surface area (Å²) in [5.41, 5.74) is 2.35. The minimum absolute atomic E-state index is 0.354. The van der Waals surface area contributed by atoms with E-state index < -0.39 is 18.5 Å². The molecule has 0 aliphatic heterocycles. The molecule has 0 amide bonds. The third kappa shape index (κ3) is 5.28. The zero-order valence-electron chi connectivity index (χ0n) is 11.4. The monoisotopic (exact) mass is 321 g/mol. The molecule has 8 heteroatoms. The Bertz CT molecular complexity index is 522. The fraction of sp³-hybridized carbons (Fsp3) is 0.308. The number of nitrogens with zero attached hydrogens (tertiary/aromatic N) is 2. The predicted octanol–water partition coefficient (Wildman–Crippen LogP) is 3.14. The quantitative estimate of drug-likeness (QED) is 0.388. The summed E-state index contributed by atoms with van der Waals surface area (Å²) in [7, 11) is 1.51. The van der Waals surface area contributed by atoms with Crippen LogP contribution in [0.5, 0.6) is 0 Å². The molecule has 0 spiro atoms. The van der Waals surface area contributed by atoms with Crippen molar-refractivity contribution in [3.63, 3.8) is 0 Å². The lowest BCUT2D eigenvalue weighted by Gasteiger charge is -2.24. The molecule has 0 saturated carbocycles. The molecule has 2 N–H and O–H groups in total. The first-order valence-corrected chi connectivity index (χ1v) is 6.28. The van der Waals surface area contributed by atoms with E-state index in [1.54, 1.807) is 6.92 Å². The van der Waals surface area contributed by atoms with E-state index in [-0.39, 0.29) is 0 Å². The number of aliphatic imine (C=N–C) groups is 1. The summed E-state index contributed by atoms with van der Waals surface area (Å²) >= 11 is 5.73. The zero-order valence-corrected chi connectivity index (χ0v) is 12.2. The Balaban J connectivity index is 2.93. The number of rotatable bonds is 4. The van der Waals surface area contributed by atoms with Gasteiger partial charge in [-0.05, 0) is 37.3 Å². The molecule has 116 valence electrons. The Kier molecular flexibility index (Phi) is 6.04. The highest BCUT2D eigenvalue weighted by Gasteiger charge is 2.30. The van der Waals surface area contributed by atoms with E-state index in [2.05, 4.69) is 10.4 Å². The summed E-state index contributed by atoms with van der Waals surface area (Å²) < 4.78 is 37.5. The second-order valence-corrected chi connectivity index (χ2v) is 4.66. The van der Waals surface area contributed by atoms with Gasteiger partial charge >= 0.3 is 6.18 Å². The summed E-state index contributed by atoms with van der Waals surface area (Å²) in [4.78, 5) is 3.91. The van der Waals surface area contributed by atoms with Crippen molar-refractivity contribution in [2.45, 2.75) is 13.1 Å². The van der Waals surface area contributed by atoms with Crippen molar-refractivity contribution in [1.82, 2.24) is 5.43 Å². The Labute approximate surface area is 125 Å². The molecule has 4 nitrogen and oxygen atoms in total. The molecular weight excluding hydrogens is 307 g/mol. The Morgan fingerprint density at radius 3 is 2.33 bits per heavy atom. The second kappa shape index (κ2) is 7.33. The maximum atomic E-state index is 12.5. The summed E-state index contributed by atoms with van der Waals surface area (Å²) in [5.74, 6) is 0.358. The number of benzene rings is 1. The number of halogens is 4. The molecule has 0 aliphatic carbocycles. The molecule has 0 fully saturated rings. The standard InChI is InChI=1S/C13H15ClF3N3O/c1-9(14)7-12(18-2)19-20(8-21)11-5-3-10(4-6-11)13(15,16)17/h3-7,21H,8H2,1-2H3,(H,18,19)/b9-7-. The minimum Gasteiger partial charge on any atom is -0.375 e. The van der Waals surface area contributed by atoms with E-state index in [4.69, 9.17) is 11.6 Å². The Hall–Kier alpha value is -1.73. The Morgan fingerprint density at radius 1 is 1.38 bits per heavy atom. The van der Waals surface area contributed by atoms with Crippen LogP contribution in [-0.2, 0) is 6.18 Å². The van der Waals surface area contributed by atoms with Crippen molar-refractivity contribution >= 4 is 23.1 Å². The van der Waals surface area contributed by atoms with Gasteiger partial charge in [0.15, 0.2) is 0 Å². The minimum atomic E-state index is -4.40. The maximum absolute atomic E-state index is 12.5. The lowest BCUT2D eigenvalue weighted by atomic mass is 10.2. The van der Waals surface area contributed by atoms with E-state index in [9.17, 15) is 18.3 Å². The third-order valence-corrected chi connectivity index (χ3v) is 2.58. The first-order chi connectivity index (χ1) is 9.77. The number of alkyl halides is 3. The highest BCUT2D eigenvalue weighted by Crippen LogP contribution is 2.30. The van der Waals surface area contributed by atoms with Gasteiger partial charge in [-0.15, -0.1) is 0 Å². The molecule has 0 heterocycles. The van der Waals surface area contributed by atoms with Crippen molar-refractivity contribution in [1.29, 1.82) is 0 Å². The van der Waals surface area contributed by atoms with E-state index >= 15 is 0 Å². The number of hydrazine groups is 1. The number of hydrogen-bond donors (Lipinski definition) is 2. The van der Waals surface area contributed by atoms with Crippen LogP contribution in [0.2, 0.25) is 0 Å². The predicted molar refractivity (Wildman–Crippen MR) is 77.1 cm³/mol. The van der Waals surface area contributed by atoms with Gasteiger partial charge in [-0.25, -0.2) is 0 Å². The van der Waals surface area contributed by atoms with Crippen LogP contribution >= 0.6 is 11.6 Å². The van der Waals surface area contributed by atoms with Crippen molar-refractivity contribution < 1.29 is 18.3 Å². The van der Waals surface area contributed by atoms with Crippen LogP contribution in [0.4, 0.5) is 18.9 Å². The van der Waals surface area contributed by atoms with Gasteiger partial charge in [-0.3, -0.25) is 15.4 Å². The number of allylic oxidation sites excluding steroid dienone is 1. The van der Waals surface area contributed by atoms with E-state index in [1.165, 1.54) is 30.3 Å². The highest BCUT2D eigenvalue weighted by molar-refractivity contribution is 6.30. The number of aliphatic hydroxyl groups is 1. The number of aliphatic hydroxyl groups excluding tert-OH is 1. The topological polar surface area (TPSA) is 47.9 Å². The molecule has 0 bridgehead atoms. The van der Waals surface area contributed by atoms with Crippen molar-refractivity contribution in [3.05, 3.63) is 40.9 Å². The molecule has 21 heavy (non-hydrogen) atoms. The number of nitrogens with one attached hydrogen (secondary N) is 1. The molecular formula is C13H15ClF3N3O. The van der Waals surface area contributed by atoms with E-state index in [0.717, 1.165) is 12.1 Å². The lowest BCUT2D eigenvalue weighted by molar-refractivity contribution is -0.137.